The van der Waals surface area contributed by atoms with Crippen molar-refractivity contribution >= 4 is 16.9 Å². The Morgan fingerprint density at radius 1 is 1.39 bits per heavy atom. The topological polar surface area (TPSA) is 74.8 Å². The lowest BCUT2D eigenvalue weighted by Gasteiger charge is -2.58. The van der Waals surface area contributed by atoms with Crippen LogP contribution in [-0.4, -0.2) is 60.4 Å². The van der Waals surface area contributed by atoms with Crippen LogP contribution in [0.25, 0.3) is 10.9 Å². The number of piperidine rings is 2. The molecule has 6 heteroatoms. The molecule has 4 heterocycles. The summed E-state index contributed by atoms with van der Waals surface area (Å²) in [6, 6.07) is 6.02. The SMILES string of the molecule is COC(=O)[C@@]12C[C@H]3C[C@H]([C@@H](C)O)[C@@H]1N(CCc1c2[nH]c2cc(OC)ccc12)C3. The summed E-state index contributed by atoms with van der Waals surface area (Å²) in [5, 5.41) is 11.7. The molecule has 3 fully saturated rings. The lowest BCUT2D eigenvalue weighted by atomic mass is 9.56. The fourth-order valence-corrected chi connectivity index (χ4v) is 6.39. The average molecular weight is 384 g/mol. The van der Waals surface area contributed by atoms with Gasteiger partial charge in [-0.25, -0.2) is 0 Å². The minimum atomic E-state index is -0.754. The fraction of sp³-hybridized carbons (Fsp3) is 0.591. The van der Waals surface area contributed by atoms with Crippen LogP contribution in [0.1, 0.15) is 31.0 Å². The Morgan fingerprint density at radius 3 is 2.93 bits per heavy atom. The van der Waals surface area contributed by atoms with Crippen molar-refractivity contribution in [3.63, 3.8) is 0 Å². The van der Waals surface area contributed by atoms with Gasteiger partial charge in [0.25, 0.3) is 0 Å². The largest absolute Gasteiger partial charge is 0.497 e. The molecule has 6 atom stereocenters. The first-order valence-electron chi connectivity index (χ1n) is 10.2. The maximum atomic E-state index is 13.4. The van der Waals surface area contributed by atoms with Crippen molar-refractivity contribution in [3.8, 4) is 5.75 Å². The number of carbonyl (C=O) groups is 1. The summed E-state index contributed by atoms with van der Waals surface area (Å²) in [6.45, 7) is 3.76. The highest BCUT2D eigenvalue weighted by atomic mass is 16.5. The van der Waals surface area contributed by atoms with Gasteiger partial charge >= 0.3 is 5.97 Å². The van der Waals surface area contributed by atoms with Gasteiger partial charge in [0, 0.05) is 47.7 Å². The number of benzene rings is 1. The van der Waals surface area contributed by atoms with Crippen molar-refractivity contribution in [3.05, 3.63) is 29.5 Å². The molecule has 2 N–H and O–H groups in total. The van der Waals surface area contributed by atoms with Crippen LogP contribution in [0.3, 0.4) is 0 Å². The molecule has 2 aromatic rings. The number of hydrogen-bond donors (Lipinski definition) is 2. The smallest absolute Gasteiger partial charge is 0.319 e. The second-order valence-corrected chi connectivity index (χ2v) is 8.75. The molecule has 1 saturated carbocycles. The second kappa shape index (κ2) is 6.22. The van der Waals surface area contributed by atoms with Crippen LogP contribution in [0.2, 0.25) is 0 Å². The number of aliphatic hydroxyl groups excluding tert-OH is 1. The lowest BCUT2D eigenvalue weighted by Crippen LogP contribution is -2.68. The normalized spacial score (nSPS) is 34.6. The van der Waals surface area contributed by atoms with Gasteiger partial charge in [-0.05, 0) is 49.8 Å². The molecule has 6 nitrogen and oxygen atoms in total. The zero-order valence-corrected chi connectivity index (χ0v) is 16.7. The van der Waals surface area contributed by atoms with Crippen LogP contribution in [0, 0.1) is 11.8 Å². The van der Waals surface area contributed by atoms with Crippen LogP contribution in [-0.2, 0) is 21.4 Å². The fourth-order valence-electron chi connectivity index (χ4n) is 6.39. The highest BCUT2D eigenvalue weighted by Gasteiger charge is 2.63. The number of aromatic amines is 1. The Bertz CT molecular complexity index is 936. The van der Waals surface area contributed by atoms with E-state index in [0.29, 0.717) is 5.92 Å². The van der Waals surface area contributed by atoms with E-state index in [1.165, 1.54) is 12.7 Å². The van der Waals surface area contributed by atoms with E-state index in [1.54, 1.807) is 7.11 Å². The molecular weight excluding hydrogens is 356 g/mol. The Kier molecular flexibility index (Phi) is 4.00. The monoisotopic (exact) mass is 384 g/mol. The predicted molar refractivity (Wildman–Crippen MR) is 106 cm³/mol. The third kappa shape index (κ3) is 2.25. The standard InChI is InChI=1S/C22H28N2O4/c1-12(25)17-8-13-10-22(21(26)28-3)19-16(6-7-24(11-13)20(17)22)15-5-4-14(27-2)9-18(15)23-19/h4-5,9,12-13,17,20,23,25H,6-8,10-11H2,1-3H3/t12-,13-,17-,20+,22-/m1/s1. The molecule has 6 rings (SSSR count). The zero-order valence-electron chi connectivity index (χ0n) is 16.7. The summed E-state index contributed by atoms with van der Waals surface area (Å²) in [5.74, 6) is 1.07. The summed E-state index contributed by atoms with van der Waals surface area (Å²) in [4.78, 5) is 19.4. The summed E-state index contributed by atoms with van der Waals surface area (Å²) in [7, 11) is 3.15. The van der Waals surface area contributed by atoms with Crippen LogP contribution >= 0.6 is 0 Å². The molecule has 4 bridgehead atoms. The maximum absolute atomic E-state index is 13.4. The molecule has 0 amide bonds. The summed E-state index contributed by atoms with van der Waals surface area (Å²) in [6.07, 6.45) is 2.18. The van der Waals surface area contributed by atoms with Crippen LogP contribution in [0.15, 0.2) is 18.2 Å². The van der Waals surface area contributed by atoms with E-state index >= 15 is 0 Å². The van der Waals surface area contributed by atoms with Gasteiger partial charge in [0.05, 0.1) is 20.3 Å². The molecule has 1 aliphatic carbocycles. The number of esters is 1. The highest BCUT2D eigenvalue weighted by Crippen LogP contribution is 2.55. The molecule has 2 saturated heterocycles. The molecule has 150 valence electrons. The van der Waals surface area contributed by atoms with E-state index in [2.05, 4.69) is 16.0 Å². The first kappa shape index (κ1) is 18.0. The molecule has 0 spiro atoms. The third-order valence-electron chi connectivity index (χ3n) is 7.39. The number of hydrogen-bond acceptors (Lipinski definition) is 5. The lowest BCUT2D eigenvalue weighted by molar-refractivity contribution is -0.166. The average Bonchev–Trinajstić information content (AvgIpc) is 3.04. The van der Waals surface area contributed by atoms with E-state index < -0.39 is 11.5 Å². The van der Waals surface area contributed by atoms with E-state index in [1.807, 2.05) is 19.1 Å². The van der Waals surface area contributed by atoms with Gasteiger partial charge in [-0.15, -0.1) is 0 Å². The number of methoxy groups -OCH3 is 2. The van der Waals surface area contributed by atoms with Gasteiger partial charge in [-0.3, -0.25) is 9.69 Å². The molecule has 28 heavy (non-hydrogen) atoms. The zero-order chi connectivity index (χ0) is 19.6. The van der Waals surface area contributed by atoms with E-state index in [9.17, 15) is 9.90 Å². The number of nitrogens with one attached hydrogen (secondary N) is 1. The quantitative estimate of drug-likeness (QED) is 0.794. The van der Waals surface area contributed by atoms with Crippen molar-refractivity contribution in [2.24, 2.45) is 11.8 Å². The molecule has 0 radical (unpaired) electrons. The Hall–Kier alpha value is -2.05. The minimum absolute atomic E-state index is 0.0406. The third-order valence-corrected chi connectivity index (χ3v) is 7.39. The van der Waals surface area contributed by atoms with Crippen molar-refractivity contribution < 1.29 is 19.4 Å². The van der Waals surface area contributed by atoms with Crippen LogP contribution in [0.4, 0.5) is 0 Å². The van der Waals surface area contributed by atoms with Gasteiger partial charge in [-0.1, -0.05) is 0 Å². The summed E-state index contributed by atoms with van der Waals surface area (Å²) < 4.78 is 10.8. The number of rotatable bonds is 3. The molecule has 1 aromatic carbocycles. The highest BCUT2D eigenvalue weighted by molar-refractivity contribution is 5.92. The van der Waals surface area contributed by atoms with Gasteiger partial charge < -0.3 is 19.6 Å². The predicted octanol–water partition coefficient (Wildman–Crippen LogP) is 2.23. The summed E-state index contributed by atoms with van der Waals surface area (Å²) >= 11 is 0. The molecular formula is C22H28N2O4. The second-order valence-electron chi connectivity index (χ2n) is 8.75. The number of ether oxygens (including phenoxy) is 2. The molecule has 3 aliphatic heterocycles. The minimum Gasteiger partial charge on any atom is -0.497 e. The summed E-state index contributed by atoms with van der Waals surface area (Å²) in [5.41, 5.74) is 2.44. The van der Waals surface area contributed by atoms with Gasteiger partial charge in [0.2, 0.25) is 0 Å². The number of fused-ring (bicyclic) bond motifs is 4. The van der Waals surface area contributed by atoms with Crippen molar-refractivity contribution in [1.82, 2.24) is 9.88 Å². The van der Waals surface area contributed by atoms with Crippen LogP contribution in [0.5, 0.6) is 5.75 Å². The van der Waals surface area contributed by atoms with Crippen LogP contribution < -0.4 is 4.74 Å². The van der Waals surface area contributed by atoms with Gasteiger partial charge in [0.15, 0.2) is 0 Å². The number of aromatic nitrogens is 1. The number of nitrogens with zero attached hydrogens (tertiary/aromatic N) is 1. The van der Waals surface area contributed by atoms with Gasteiger partial charge in [-0.2, -0.15) is 0 Å². The van der Waals surface area contributed by atoms with Crippen molar-refractivity contribution in [1.29, 1.82) is 0 Å². The Morgan fingerprint density at radius 2 is 2.21 bits per heavy atom. The maximum Gasteiger partial charge on any atom is 0.319 e. The molecule has 4 aliphatic rings. The van der Waals surface area contributed by atoms with Gasteiger partial charge in [0.1, 0.15) is 11.2 Å². The Labute approximate surface area is 164 Å². The van der Waals surface area contributed by atoms with Crippen molar-refractivity contribution in [2.45, 2.75) is 43.7 Å². The first-order chi connectivity index (χ1) is 13.5. The van der Waals surface area contributed by atoms with E-state index in [0.717, 1.165) is 54.7 Å². The molecule has 1 unspecified atom stereocenters. The molecule has 1 aromatic heterocycles. The first-order valence-corrected chi connectivity index (χ1v) is 10.2. The van der Waals surface area contributed by atoms with Crippen molar-refractivity contribution in [2.75, 3.05) is 27.3 Å². The number of H-pyrrole nitrogens is 1. The Balaban J connectivity index is 1.78. The van der Waals surface area contributed by atoms with E-state index in [4.69, 9.17) is 9.47 Å². The van der Waals surface area contributed by atoms with E-state index in [-0.39, 0.29) is 17.9 Å². The number of aliphatic hydroxyl groups is 1. The number of carbonyl (C=O) groups excluding carboxylic acids is 1.